The highest BCUT2D eigenvalue weighted by Gasteiger charge is 2.19. The molecule has 1 aliphatic heterocycles. The molecule has 15 heavy (non-hydrogen) atoms. The van der Waals surface area contributed by atoms with Crippen LogP contribution in [0, 0.1) is 12.8 Å². The predicted octanol–water partition coefficient (Wildman–Crippen LogP) is 0.549. The van der Waals surface area contributed by atoms with Crippen molar-refractivity contribution >= 4 is 0 Å². The molecule has 0 radical (unpaired) electrons. The molecule has 0 saturated carbocycles. The minimum absolute atomic E-state index is 0.631. The van der Waals surface area contributed by atoms with Crippen molar-refractivity contribution in [1.82, 2.24) is 15.0 Å². The lowest BCUT2D eigenvalue weighted by molar-refractivity contribution is 0.166. The smallest absolute Gasteiger partial charge is 0.223 e. The summed E-state index contributed by atoms with van der Waals surface area (Å²) in [6.07, 6.45) is 2.47. The quantitative estimate of drug-likeness (QED) is 0.789. The normalized spacial score (nSPS) is 23.2. The second-order valence-corrected chi connectivity index (χ2v) is 4.21. The number of piperidine rings is 1. The van der Waals surface area contributed by atoms with Crippen LogP contribution in [0.25, 0.3) is 0 Å². The summed E-state index contributed by atoms with van der Waals surface area (Å²) in [5.41, 5.74) is 5.69. The molecule has 1 aromatic rings. The Bertz CT molecular complexity index is 312. The molecule has 2 N–H and O–H groups in total. The predicted molar refractivity (Wildman–Crippen MR) is 56.1 cm³/mol. The van der Waals surface area contributed by atoms with Gasteiger partial charge in [0.1, 0.15) is 0 Å². The van der Waals surface area contributed by atoms with Gasteiger partial charge in [-0.05, 0) is 31.8 Å². The molecule has 0 bridgehead atoms. The first kappa shape index (κ1) is 10.6. The molecule has 1 atom stereocenters. The molecule has 1 aliphatic rings. The van der Waals surface area contributed by atoms with Crippen LogP contribution < -0.4 is 5.73 Å². The zero-order valence-electron chi connectivity index (χ0n) is 9.15. The second-order valence-electron chi connectivity index (χ2n) is 4.21. The summed E-state index contributed by atoms with van der Waals surface area (Å²) in [5, 5.41) is 3.90. The molecule has 5 nitrogen and oxygen atoms in total. The molecule has 5 heteroatoms. The van der Waals surface area contributed by atoms with Crippen LogP contribution in [-0.2, 0) is 6.54 Å². The SMILES string of the molecule is Cc1nc(CN2CCCC(CN)C2)no1. The Morgan fingerprint density at radius 2 is 2.47 bits per heavy atom. The van der Waals surface area contributed by atoms with Gasteiger partial charge in [0, 0.05) is 13.5 Å². The van der Waals surface area contributed by atoms with Gasteiger partial charge < -0.3 is 10.3 Å². The van der Waals surface area contributed by atoms with Gasteiger partial charge in [0.2, 0.25) is 5.89 Å². The lowest BCUT2D eigenvalue weighted by atomic mass is 9.98. The van der Waals surface area contributed by atoms with Crippen molar-refractivity contribution in [2.75, 3.05) is 19.6 Å². The summed E-state index contributed by atoms with van der Waals surface area (Å²) < 4.78 is 4.95. The first-order valence-corrected chi connectivity index (χ1v) is 5.49. The fraction of sp³-hybridized carbons (Fsp3) is 0.800. The molecule has 0 amide bonds. The van der Waals surface area contributed by atoms with Gasteiger partial charge in [-0.25, -0.2) is 0 Å². The lowest BCUT2D eigenvalue weighted by Crippen LogP contribution is -2.38. The third-order valence-electron chi connectivity index (χ3n) is 2.87. The molecular formula is C10H18N4O. The van der Waals surface area contributed by atoms with Gasteiger partial charge in [-0.15, -0.1) is 0 Å². The Balaban J connectivity index is 1.88. The maximum absolute atomic E-state index is 5.69. The average Bonchev–Trinajstić information content (AvgIpc) is 2.64. The average molecular weight is 210 g/mol. The Labute approximate surface area is 89.6 Å². The lowest BCUT2D eigenvalue weighted by Gasteiger charge is -2.30. The van der Waals surface area contributed by atoms with Gasteiger partial charge in [-0.1, -0.05) is 5.16 Å². The summed E-state index contributed by atoms with van der Waals surface area (Å²) >= 11 is 0. The van der Waals surface area contributed by atoms with E-state index in [1.807, 2.05) is 6.92 Å². The summed E-state index contributed by atoms with van der Waals surface area (Å²) in [7, 11) is 0. The third kappa shape index (κ3) is 2.76. The minimum atomic E-state index is 0.631. The van der Waals surface area contributed by atoms with Crippen LogP contribution in [0.15, 0.2) is 4.52 Å². The van der Waals surface area contributed by atoms with E-state index in [4.69, 9.17) is 10.3 Å². The molecule has 84 valence electrons. The van der Waals surface area contributed by atoms with Crippen LogP contribution >= 0.6 is 0 Å². The van der Waals surface area contributed by atoms with Gasteiger partial charge in [0.15, 0.2) is 5.82 Å². The fourth-order valence-corrected chi connectivity index (χ4v) is 2.09. The Hall–Kier alpha value is -0.940. The van der Waals surface area contributed by atoms with Crippen LogP contribution in [0.1, 0.15) is 24.6 Å². The van der Waals surface area contributed by atoms with Gasteiger partial charge in [-0.3, -0.25) is 4.90 Å². The Morgan fingerprint density at radius 1 is 1.60 bits per heavy atom. The van der Waals surface area contributed by atoms with E-state index in [2.05, 4.69) is 15.0 Å². The summed E-state index contributed by atoms with van der Waals surface area (Å²) in [6, 6.07) is 0. The molecule has 2 rings (SSSR count). The van der Waals surface area contributed by atoms with Crippen molar-refractivity contribution in [3.63, 3.8) is 0 Å². The summed E-state index contributed by atoms with van der Waals surface area (Å²) in [4.78, 5) is 6.56. The molecule has 2 heterocycles. The molecule has 1 unspecified atom stereocenters. The molecule has 0 aliphatic carbocycles. The van der Waals surface area contributed by atoms with Gasteiger partial charge in [-0.2, -0.15) is 4.98 Å². The van der Waals surface area contributed by atoms with E-state index in [1.165, 1.54) is 12.8 Å². The summed E-state index contributed by atoms with van der Waals surface area (Å²) in [6.45, 7) is 5.55. The maximum atomic E-state index is 5.69. The van der Waals surface area contributed by atoms with E-state index in [0.717, 1.165) is 32.0 Å². The van der Waals surface area contributed by atoms with E-state index in [0.29, 0.717) is 11.8 Å². The maximum Gasteiger partial charge on any atom is 0.223 e. The van der Waals surface area contributed by atoms with Crippen molar-refractivity contribution < 1.29 is 4.52 Å². The minimum Gasteiger partial charge on any atom is -0.340 e. The number of aryl methyl sites for hydroxylation is 1. The zero-order valence-corrected chi connectivity index (χ0v) is 9.15. The standard InChI is InChI=1S/C10H18N4O/c1-8-12-10(13-15-8)7-14-4-2-3-9(5-11)6-14/h9H,2-7,11H2,1H3. The molecule has 0 spiro atoms. The highest BCUT2D eigenvalue weighted by atomic mass is 16.5. The van der Waals surface area contributed by atoms with Crippen LogP contribution in [0.4, 0.5) is 0 Å². The van der Waals surface area contributed by atoms with E-state index < -0.39 is 0 Å². The van der Waals surface area contributed by atoms with E-state index >= 15 is 0 Å². The number of hydrogen-bond donors (Lipinski definition) is 1. The third-order valence-corrected chi connectivity index (χ3v) is 2.87. The second kappa shape index (κ2) is 4.72. The number of hydrogen-bond acceptors (Lipinski definition) is 5. The number of nitrogens with two attached hydrogens (primary N) is 1. The molecule has 1 saturated heterocycles. The van der Waals surface area contributed by atoms with Crippen molar-refractivity contribution in [2.45, 2.75) is 26.3 Å². The highest BCUT2D eigenvalue weighted by molar-refractivity contribution is 4.85. The topological polar surface area (TPSA) is 68.2 Å². The van der Waals surface area contributed by atoms with Crippen molar-refractivity contribution in [3.05, 3.63) is 11.7 Å². The first-order valence-electron chi connectivity index (χ1n) is 5.49. The van der Waals surface area contributed by atoms with Crippen LogP contribution in [0.2, 0.25) is 0 Å². The molecule has 1 fully saturated rings. The molecular weight excluding hydrogens is 192 g/mol. The van der Waals surface area contributed by atoms with Gasteiger partial charge in [0.25, 0.3) is 0 Å². The highest BCUT2D eigenvalue weighted by Crippen LogP contribution is 2.16. The van der Waals surface area contributed by atoms with Crippen LogP contribution in [-0.4, -0.2) is 34.7 Å². The van der Waals surface area contributed by atoms with Gasteiger partial charge >= 0.3 is 0 Å². The number of nitrogens with zero attached hydrogens (tertiary/aromatic N) is 3. The Morgan fingerprint density at radius 3 is 3.13 bits per heavy atom. The van der Waals surface area contributed by atoms with Crippen LogP contribution in [0.5, 0.6) is 0 Å². The van der Waals surface area contributed by atoms with Crippen molar-refractivity contribution in [2.24, 2.45) is 11.7 Å². The summed E-state index contributed by atoms with van der Waals surface area (Å²) in [5.74, 6) is 2.05. The number of aromatic nitrogens is 2. The van der Waals surface area contributed by atoms with E-state index in [9.17, 15) is 0 Å². The number of rotatable bonds is 3. The Kier molecular flexibility index (Phi) is 3.33. The molecule has 1 aromatic heterocycles. The monoisotopic (exact) mass is 210 g/mol. The zero-order chi connectivity index (χ0) is 10.7. The van der Waals surface area contributed by atoms with E-state index in [1.54, 1.807) is 0 Å². The number of likely N-dealkylation sites (tertiary alicyclic amines) is 1. The van der Waals surface area contributed by atoms with Gasteiger partial charge in [0.05, 0.1) is 6.54 Å². The first-order chi connectivity index (χ1) is 7.28. The van der Waals surface area contributed by atoms with Crippen molar-refractivity contribution in [3.8, 4) is 0 Å². The fourth-order valence-electron chi connectivity index (χ4n) is 2.09. The largest absolute Gasteiger partial charge is 0.340 e. The molecule has 0 aromatic carbocycles. The van der Waals surface area contributed by atoms with Crippen molar-refractivity contribution in [1.29, 1.82) is 0 Å². The van der Waals surface area contributed by atoms with Crippen LogP contribution in [0.3, 0.4) is 0 Å². The van der Waals surface area contributed by atoms with E-state index in [-0.39, 0.29) is 0 Å².